The van der Waals surface area contributed by atoms with Gasteiger partial charge in [0.15, 0.2) is 0 Å². The number of carbonyl (C=O) groups excluding carboxylic acids is 1. The molecule has 6 nitrogen and oxygen atoms in total. The molecule has 2 aromatic rings. The molecule has 0 bridgehead atoms. The van der Waals surface area contributed by atoms with Crippen molar-refractivity contribution in [2.75, 3.05) is 32.6 Å². The van der Waals surface area contributed by atoms with Crippen molar-refractivity contribution in [1.82, 2.24) is 10.2 Å². The minimum atomic E-state index is -0.545. The Morgan fingerprint density at radius 1 is 1.12 bits per heavy atom. The van der Waals surface area contributed by atoms with Crippen LogP contribution in [0.4, 0.5) is 10.5 Å². The van der Waals surface area contributed by atoms with Gasteiger partial charge in [-0.15, -0.1) is 0 Å². The number of amides is 2. The third-order valence-electron chi connectivity index (χ3n) is 3.43. The molecule has 0 aromatic heterocycles. The van der Waals surface area contributed by atoms with Crippen LogP contribution in [-0.2, 0) is 6.54 Å². The van der Waals surface area contributed by atoms with Gasteiger partial charge in [0.2, 0.25) is 0 Å². The van der Waals surface area contributed by atoms with Gasteiger partial charge in [0.05, 0.1) is 0 Å². The molecule has 0 heterocycles. The Hall–Kier alpha value is -2.57. The summed E-state index contributed by atoms with van der Waals surface area (Å²) in [5.74, 6) is 0.646. The summed E-state index contributed by atoms with van der Waals surface area (Å²) < 4.78 is 5.53. The number of aliphatic hydroxyl groups is 1. The number of anilines is 1. The maximum atomic E-state index is 11.9. The summed E-state index contributed by atoms with van der Waals surface area (Å²) in [6, 6.07) is 16.5. The van der Waals surface area contributed by atoms with E-state index in [1.165, 1.54) is 0 Å². The first-order chi connectivity index (χ1) is 12.0. The third kappa shape index (κ3) is 7.24. The number of urea groups is 1. The van der Waals surface area contributed by atoms with Gasteiger partial charge in [-0.25, -0.2) is 4.79 Å². The standard InChI is InChI=1S/C19H25N3O3/c1-22(2)13-17(23)14-25-18-10-8-16(9-11-18)21-19(24)20-12-15-6-4-3-5-7-15/h3-11,17,23H,12-14H2,1-2H3,(H2,20,21,24)/t17-/m1/s1. The molecular formula is C19H25N3O3. The van der Waals surface area contributed by atoms with Crippen molar-refractivity contribution in [2.45, 2.75) is 12.6 Å². The zero-order valence-electron chi connectivity index (χ0n) is 14.6. The van der Waals surface area contributed by atoms with Crippen molar-refractivity contribution in [3.8, 4) is 5.75 Å². The van der Waals surface area contributed by atoms with Crippen LogP contribution < -0.4 is 15.4 Å². The predicted octanol–water partition coefficient (Wildman–Crippen LogP) is 2.31. The Bertz CT molecular complexity index is 645. The van der Waals surface area contributed by atoms with E-state index < -0.39 is 6.10 Å². The molecule has 0 saturated heterocycles. The Labute approximate surface area is 148 Å². The summed E-state index contributed by atoms with van der Waals surface area (Å²) in [5, 5.41) is 15.3. The molecule has 25 heavy (non-hydrogen) atoms. The highest BCUT2D eigenvalue weighted by molar-refractivity contribution is 5.89. The van der Waals surface area contributed by atoms with E-state index in [4.69, 9.17) is 4.74 Å². The molecule has 0 radical (unpaired) electrons. The summed E-state index contributed by atoms with van der Waals surface area (Å²) in [6.07, 6.45) is -0.545. The minimum Gasteiger partial charge on any atom is -0.491 e. The fourth-order valence-electron chi connectivity index (χ4n) is 2.25. The van der Waals surface area contributed by atoms with E-state index in [-0.39, 0.29) is 12.6 Å². The fraction of sp³-hybridized carbons (Fsp3) is 0.316. The van der Waals surface area contributed by atoms with E-state index in [9.17, 15) is 9.90 Å². The van der Waals surface area contributed by atoms with Gasteiger partial charge >= 0.3 is 6.03 Å². The summed E-state index contributed by atoms with van der Waals surface area (Å²) in [5.41, 5.74) is 1.71. The number of hydrogen-bond donors (Lipinski definition) is 3. The number of ether oxygens (including phenoxy) is 1. The topological polar surface area (TPSA) is 73.8 Å². The Morgan fingerprint density at radius 2 is 1.80 bits per heavy atom. The van der Waals surface area contributed by atoms with Gasteiger partial charge in [0.25, 0.3) is 0 Å². The van der Waals surface area contributed by atoms with Crippen molar-refractivity contribution in [3.63, 3.8) is 0 Å². The Balaban J connectivity index is 1.74. The second-order valence-electron chi connectivity index (χ2n) is 6.04. The Kier molecular flexibility index (Phi) is 7.25. The molecule has 1 atom stereocenters. The second kappa shape index (κ2) is 9.66. The normalized spacial score (nSPS) is 11.8. The zero-order chi connectivity index (χ0) is 18.1. The highest BCUT2D eigenvalue weighted by Crippen LogP contribution is 2.16. The van der Waals surface area contributed by atoms with E-state index in [0.717, 1.165) is 5.56 Å². The van der Waals surface area contributed by atoms with E-state index >= 15 is 0 Å². The second-order valence-corrected chi connectivity index (χ2v) is 6.04. The smallest absolute Gasteiger partial charge is 0.319 e. The van der Waals surface area contributed by atoms with Gasteiger partial charge in [-0.1, -0.05) is 30.3 Å². The molecule has 0 unspecified atom stereocenters. The molecule has 3 N–H and O–H groups in total. The van der Waals surface area contributed by atoms with Crippen molar-refractivity contribution >= 4 is 11.7 Å². The SMILES string of the molecule is CN(C)C[C@@H](O)COc1ccc(NC(=O)NCc2ccccc2)cc1. The van der Waals surface area contributed by atoms with Crippen LogP contribution in [0.2, 0.25) is 0 Å². The number of carbonyl (C=O) groups is 1. The summed E-state index contributed by atoms with van der Waals surface area (Å²) >= 11 is 0. The zero-order valence-corrected chi connectivity index (χ0v) is 14.6. The van der Waals surface area contributed by atoms with Gasteiger partial charge in [-0.3, -0.25) is 0 Å². The summed E-state index contributed by atoms with van der Waals surface area (Å²) in [7, 11) is 3.79. The third-order valence-corrected chi connectivity index (χ3v) is 3.43. The summed E-state index contributed by atoms with van der Waals surface area (Å²) in [4.78, 5) is 13.8. The molecule has 0 spiro atoms. The molecule has 0 aliphatic heterocycles. The quantitative estimate of drug-likeness (QED) is 0.688. The molecular weight excluding hydrogens is 318 g/mol. The lowest BCUT2D eigenvalue weighted by Crippen LogP contribution is -2.30. The molecule has 2 aromatic carbocycles. The molecule has 0 aliphatic rings. The number of hydrogen-bond acceptors (Lipinski definition) is 4. The average Bonchev–Trinajstić information content (AvgIpc) is 2.60. The molecule has 6 heteroatoms. The van der Waals surface area contributed by atoms with E-state index in [1.807, 2.05) is 49.3 Å². The lowest BCUT2D eigenvalue weighted by atomic mass is 10.2. The number of nitrogens with zero attached hydrogens (tertiary/aromatic N) is 1. The predicted molar refractivity (Wildman–Crippen MR) is 98.8 cm³/mol. The van der Waals surface area contributed by atoms with Crippen LogP contribution in [0, 0.1) is 0 Å². The molecule has 2 rings (SSSR count). The lowest BCUT2D eigenvalue weighted by molar-refractivity contribution is 0.0831. The van der Waals surface area contributed by atoms with Crippen molar-refractivity contribution < 1.29 is 14.6 Å². The number of benzene rings is 2. The van der Waals surface area contributed by atoms with Crippen molar-refractivity contribution in [2.24, 2.45) is 0 Å². The van der Waals surface area contributed by atoms with Crippen LogP contribution in [0.1, 0.15) is 5.56 Å². The minimum absolute atomic E-state index is 0.225. The van der Waals surface area contributed by atoms with Gasteiger partial charge < -0.3 is 25.4 Å². The summed E-state index contributed by atoms with van der Waals surface area (Å²) in [6.45, 7) is 1.24. The average molecular weight is 343 g/mol. The maximum absolute atomic E-state index is 11.9. The van der Waals surface area contributed by atoms with Crippen LogP contribution in [0.5, 0.6) is 5.75 Å². The highest BCUT2D eigenvalue weighted by Gasteiger charge is 2.07. The van der Waals surface area contributed by atoms with Crippen LogP contribution in [0.25, 0.3) is 0 Å². The van der Waals surface area contributed by atoms with E-state index in [2.05, 4.69) is 10.6 Å². The monoisotopic (exact) mass is 343 g/mol. The first-order valence-corrected chi connectivity index (χ1v) is 8.17. The molecule has 134 valence electrons. The van der Waals surface area contributed by atoms with Crippen LogP contribution in [0.15, 0.2) is 54.6 Å². The maximum Gasteiger partial charge on any atom is 0.319 e. The van der Waals surface area contributed by atoms with Crippen LogP contribution in [0.3, 0.4) is 0 Å². The molecule has 0 fully saturated rings. The fourth-order valence-corrected chi connectivity index (χ4v) is 2.25. The van der Waals surface area contributed by atoms with Gasteiger partial charge in [-0.2, -0.15) is 0 Å². The molecule has 0 aliphatic carbocycles. The number of likely N-dealkylation sites (N-methyl/N-ethyl adjacent to an activating group) is 1. The number of rotatable bonds is 8. The lowest BCUT2D eigenvalue weighted by Gasteiger charge is -2.16. The van der Waals surface area contributed by atoms with Crippen molar-refractivity contribution in [1.29, 1.82) is 0 Å². The first-order valence-electron chi connectivity index (χ1n) is 8.17. The first kappa shape index (κ1) is 18.8. The van der Waals surface area contributed by atoms with Gasteiger partial charge in [0.1, 0.15) is 18.5 Å². The highest BCUT2D eigenvalue weighted by atomic mass is 16.5. The Morgan fingerprint density at radius 3 is 2.44 bits per heavy atom. The van der Waals surface area contributed by atoms with Gasteiger partial charge in [-0.05, 0) is 43.9 Å². The largest absolute Gasteiger partial charge is 0.491 e. The van der Waals surface area contributed by atoms with Gasteiger partial charge in [0, 0.05) is 18.8 Å². The van der Waals surface area contributed by atoms with Crippen molar-refractivity contribution in [3.05, 3.63) is 60.2 Å². The van der Waals surface area contributed by atoms with E-state index in [1.54, 1.807) is 24.3 Å². The molecule has 2 amide bonds. The molecule has 0 saturated carbocycles. The van der Waals surface area contributed by atoms with E-state index in [0.29, 0.717) is 24.5 Å². The number of nitrogens with one attached hydrogen (secondary N) is 2. The van der Waals surface area contributed by atoms with Crippen LogP contribution in [-0.4, -0.2) is 49.4 Å². The number of aliphatic hydroxyl groups excluding tert-OH is 1. The van der Waals surface area contributed by atoms with Crippen LogP contribution >= 0.6 is 0 Å².